The van der Waals surface area contributed by atoms with Gasteiger partial charge in [-0.1, -0.05) is 12.1 Å². The molecule has 1 aliphatic rings. The SMILES string of the molecule is CCOC(=O)C1CCN(Cc2c(O)ccc3c(-c4cc5cccc(OCC)c5oc4=O)cc(=O)oc23)CC1. The second-order valence-electron chi connectivity index (χ2n) is 9.28. The van der Waals surface area contributed by atoms with Gasteiger partial charge in [0.15, 0.2) is 11.3 Å². The van der Waals surface area contributed by atoms with E-state index in [1.807, 2.05) is 6.92 Å². The van der Waals surface area contributed by atoms with Crippen molar-refractivity contribution in [3.8, 4) is 22.6 Å². The fourth-order valence-corrected chi connectivity index (χ4v) is 5.03. The molecule has 0 unspecified atom stereocenters. The van der Waals surface area contributed by atoms with Crippen LogP contribution in [0.15, 0.2) is 60.9 Å². The van der Waals surface area contributed by atoms with Crippen LogP contribution in [0.5, 0.6) is 11.5 Å². The molecular formula is C29H29NO8. The molecule has 0 bridgehead atoms. The van der Waals surface area contributed by atoms with E-state index in [9.17, 15) is 19.5 Å². The van der Waals surface area contributed by atoms with Crippen LogP contribution in [-0.2, 0) is 16.1 Å². The van der Waals surface area contributed by atoms with Gasteiger partial charge in [-0.05, 0) is 64.0 Å². The van der Waals surface area contributed by atoms with E-state index in [0.29, 0.717) is 78.9 Å². The van der Waals surface area contributed by atoms with Crippen molar-refractivity contribution in [2.75, 3.05) is 26.3 Å². The Hall–Kier alpha value is -4.11. The van der Waals surface area contributed by atoms with Gasteiger partial charge in [0.1, 0.15) is 11.3 Å². The molecule has 198 valence electrons. The first-order chi connectivity index (χ1) is 18.4. The van der Waals surface area contributed by atoms with E-state index in [-0.39, 0.29) is 28.8 Å². The van der Waals surface area contributed by atoms with Gasteiger partial charge in [-0.15, -0.1) is 0 Å². The zero-order valence-electron chi connectivity index (χ0n) is 21.3. The van der Waals surface area contributed by atoms with Crippen LogP contribution < -0.4 is 16.0 Å². The van der Waals surface area contributed by atoms with E-state index in [2.05, 4.69) is 4.90 Å². The number of esters is 1. The lowest BCUT2D eigenvalue weighted by Crippen LogP contribution is -2.36. The molecular weight excluding hydrogens is 490 g/mol. The molecule has 2 aromatic carbocycles. The number of rotatable bonds is 7. The molecule has 2 aromatic heterocycles. The number of nitrogens with zero attached hydrogens (tertiary/aromatic N) is 1. The summed E-state index contributed by atoms with van der Waals surface area (Å²) in [5.74, 6) is 0.118. The molecule has 0 amide bonds. The van der Waals surface area contributed by atoms with Crippen molar-refractivity contribution in [2.24, 2.45) is 5.92 Å². The Morgan fingerprint density at radius 2 is 1.79 bits per heavy atom. The minimum Gasteiger partial charge on any atom is -0.507 e. The Morgan fingerprint density at radius 3 is 2.53 bits per heavy atom. The summed E-state index contributed by atoms with van der Waals surface area (Å²) in [4.78, 5) is 39.9. The minimum atomic E-state index is -0.650. The van der Waals surface area contributed by atoms with Crippen LogP contribution in [0.25, 0.3) is 33.1 Å². The summed E-state index contributed by atoms with van der Waals surface area (Å²) in [5.41, 5.74) is 0.282. The predicted molar refractivity (Wildman–Crippen MR) is 141 cm³/mol. The molecule has 9 heteroatoms. The summed E-state index contributed by atoms with van der Waals surface area (Å²) in [6, 6.07) is 11.4. The molecule has 5 rings (SSSR count). The van der Waals surface area contributed by atoms with Gasteiger partial charge in [-0.2, -0.15) is 0 Å². The van der Waals surface area contributed by atoms with Crippen LogP contribution in [-0.4, -0.2) is 42.3 Å². The highest BCUT2D eigenvalue weighted by molar-refractivity contribution is 5.97. The third-order valence-corrected chi connectivity index (χ3v) is 6.89. The molecule has 0 atom stereocenters. The molecule has 4 aromatic rings. The number of piperidine rings is 1. The van der Waals surface area contributed by atoms with Crippen LogP contribution in [0.4, 0.5) is 0 Å². The highest BCUT2D eigenvalue weighted by Crippen LogP contribution is 2.35. The number of aromatic hydroxyl groups is 1. The molecule has 3 heterocycles. The maximum Gasteiger partial charge on any atom is 0.344 e. The average Bonchev–Trinajstić information content (AvgIpc) is 2.91. The number of hydrogen-bond donors (Lipinski definition) is 1. The fourth-order valence-electron chi connectivity index (χ4n) is 5.03. The molecule has 0 spiro atoms. The fraction of sp³-hybridized carbons (Fsp3) is 0.345. The second-order valence-corrected chi connectivity index (χ2v) is 9.28. The average molecular weight is 520 g/mol. The van der Waals surface area contributed by atoms with Crippen molar-refractivity contribution in [2.45, 2.75) is 33.2 Å². The highest BCUT2D eigenvalue weighted by atomic mass is 16.5. The first kappa shape index (κ1) is 25.5. The van der Waals surface area contributed by atoms with Crippen molar-refractivity contribution in [1.82, 2.24) is 4.90 Å². The standard InChI is InChI=1S/C29H29NO8/c1-3-35-24-7-5-6-18-14-21(29(34)38-26(18)24)20-15-25(32)37-27-19(20)8-9-23(31)22(27)16-30-12-10-17(11-13-30)28(33)36-4-2/h5-9,14-15,17,31H,3-4,10-13,16H2,1-2H3. The van der Waals surface area contributed by atoms with Gasteiger partial charge in [0, 0.05) is 28.9 Å². The van der Waals surface area contributed by atoms with Gasteiger partial charge in [0.2, 0.25) is 0 Å². The number of phenols is 1. The lowest BCUT2D eigenvalue weighted by Gasteiger charge is -2.31. The Morgan fingerprint density at radius 1 is 1.00 bits per heavy atom. The van der Waals surface area contributed by atoms with E-state index in [1.54, 1.807) is 37.3 Å². The molecule has 0 radical (unpaired) electrons. The maximum absolute atomic E-state index is 13.1. The number of likely N-dealkylation sites (tertiary alicyclic amines) is 1. The number of hydrogen-bond acceptors (Lipinski definition) is 9. The predicted octanol–water partition coefficient (Wildman–Crippen LogP) is 4.45. The van der Waals surface area contributed by atoms with E-state index in [0.717, 1.165) is 0 Å². The lowest BCUT2D eigenvalue weighted by atomic mass is 9.96. The zero-order valence-corrected chi connectivity index (χ0v) is 21.3. The first-order valence-electron chi connectivity index (χ1n) is 12.8. The number of para-hydroxylation sites is 1. The third-order valence-electron chi connectivity index (χ3n) is 6.89. The van der Waals surface area contributed by atoms with E-state index < -0.39 is 11.3 Å². The number of carbonyl (C=O) groups excluding carboxylic acids is 1. The highest BCUT2D eigenvalue weighted by Gasteiger charge is 2.27. The number of fused-ring (bicyclic) bond motifs is 2. The molecule has 1 saturated heterocycles. The van der Waals surface area contributed by atoms with Crippen molar-refractivity contribution in [3.05, 3.63) is 68.9 Å². The van der Waals surface area contributed by atoms with Gasteiger partial charge < -0.3 is 23.4 Å². The summed E-state index contributed by atoms with van der Waals surface area (Å²) < 4.78 is 21.9. The van der Waals surface area contributed by atoms with E-state index in [4.69, 9.17) is 18.3 Å². The smallest absolute Gasteiger partial charge is 0.344 e. The molecule has 0 aliphatic carbocycles. The minimum absolute atomic E-state index is 0.0165. The largest absolute Gasteiger partial charge is 0.507 e. The van der Waals surface area contributed by atoms with E-state index in [1.165, 1.54) is 12.1 Å². The summed E-state index contributed by atoms with van der Waals surface area (Å²) in [6.45, 7) is 5.97. The van der Waals surface area contributed by atoms with Crippen molar-refractivity contribution < 1.29 is 28.2 Å². The molecule has 1 N–H and O–H groups in total. The van der Waals surface area contributed by atoms with Crippen LogP contribution in [0.1, 0.15) is 32.3 Å². The maximum atomic E-state index is 13.1. The zero-order chi connectivity index (χ0) is 26.8. The Labute approximate surface area is 218 Å². The molecule has 1 aliphatic heterocycles. The first-order valence-corrected chi connectivity index (χ1v) is 12.8. The summed E-state index contributed by atoms with van der Waals surface area (Å²) in [6.07, 6.45) is 1.28. The third kappa shape index (κ3) is 4.89. The molecule has 1 fully saturated rings. The van der Waals surface area contributed by atoms with Crippen molar-refractivity contribution in [1.29, 1.82) is 0 Å². The van der Waals surface area contributed by atoms with Crippen LogP contribution in [0, 0.1) is 5.92 Å². The summed E-state index contributed by atoms with van der Waals surface area (Å²) in [5, 5.41) is 11.9. The monoisotopic (exact) mass is 519 g/mol. The molecule has 38 heavy (non-hydrogen) atoms. The van der Waals surface area contributed by atoms with Gasteiger partial charge in [0.25, 0.3) is 0 Å². The van der Waals surface area contributed by atoms with Crippen molar-refractivity contribution in [3.63, 3.8) is 0 Å². The second kappa shape index (κ2) is 10.7. The molecule has 9 nitrogen and oxygen atoms in total. The number of carbonyl (C=O) groups is 1. The summed E-state index contributed by atoms with van der Waals surface area (Å²) in [7, 11) is 0. The molecule has 0 saturated carbocycles. The van der Waals surface area contributed by atoms with Crippen molar-refractivity contribution >= 4 is 27.9 Å². The van der Waals surface area contributed by atoms with Gasteiger partial charge in [-0.25, -0.2) is 9.59 Å². The summed E-state index contributed by atoms with van der Waals surface area (Å²) >= 11 is 0. The number of ether oxygens (including phenoxy) is 2. The lowest BCUT2D eigenvalue weighted by molar-refractivity contribution is -0.149. The van der Waals surface area contributed by atoms with Crippen LogP contribution in [0.3, 0.4) is 0 Å². The van der Waals surface area contributed by atoms with Crippen LogP contribution in [0.2, 0.25) is 0 Å². The topological polar surface area (TPSA) is 119 Å². The van der Waals surface area contributed by atoms with Crippen LogP contribution >= 0.6 is 0 Å². The van der Waals surface area contributed by atoms with Gasteiger partial charge >= 0.3 is 17.2 Å². The Balaban J connectivity index is 1.53. The van der Waals surface area contributed by atoms with E-state index >= 15 is 0 Å². The Kier molecular flexibility index (Phi) is 7.20. The van der Waals surface area contributed by atoms with Gasteiger partial charge in [-0.3, -0.25) is 9.69 Å². The van der Waals surface area contributed by atoms with Gasteiger partial charge in [0.05, 0.1) is 30.3 Å². The normalized spacial score (nSPS) is 14.7. The Bertz CT molecular complexity index is 1610. The number of benzene rings is 2. The quantitative estimate of drug-likeness (QED) is 0.279. The number of phenolic OH excluding ortho intramolecular Hbond substituents is 1.